The average molecular weight is 610 g/mol. The summed E-state index contributed by atoms with van der Waals surface area (Å²) in [4.78, 5) is 30.1. The van der Waals surface area contributed by atoms with E-state index in [0.717, 1.165) is 0 Å². The number of fused-ring (bicyclic) bond motifs is 3. The Morgan fingerprint density at radius 1 is 1.02 bits per heavy atom. The molecule has 0 N–H and O–H groups in total. The maximum atomic E-state index is 16.1. The number of anilines is 1. The minimum absolute atomic E-state index is 0.0125. The number of nitrogens with zero attached hydrogens (tertiary/aromatic N) is 3. The van der Waals surface area contributed by atoms with Crippen molar-refractivity contribution in [2.24, 2.45) is 0 Å². The number of hydrogen-bond acceptors (Lipinski definition) is 5. The summed E-state index contributed by atoms with van der Waals surface area (Å²) in [6, 6.07) is 21.5. The molecule has 11 heteroatoms. The summed E-state index contributed by atoms with van der Waals surface area (Å²) in [5.74, 6) is -3.05. The summed E-state index contributed by atoms with van der Waals surface area (Å²) in [5.41, 5.74) is -6.01. The molecule has 2 aliphatic rings. The monoisotopic (exact) mass is 609 g/mol. The number of ether oxygens (including phenoxy) is 2. The lowest BCUT2D eigenvalue weighted by Gasteiger charge is -2.40. The fourth-order valence-electron chi connectivity index (χ4n) is 6.24. The van der Waals surface area contributed by atoms with Gasteiger partial charge in [-0.2, -0.15) is 18.3 Å². The highest BCUT2D eigenvalue weighted by atomic mass is 35.5. The Balaban J connectivity index is 1.72. The quantitative estimate of drug-likeness (QED) is 0.219. The van der Waals surface area contributed by atoms with E-state index in [1.54, 1.807) is 67.6 Å². The average Bonchev–Trinajstić information content (AvgIpc) is 3.57. The zero-order valence-electron chi connectivity index (χ0n) is 23.3. The molecule has 1 amide bonds. The molecule has 0 saturated heterocycles. The van der Waals surface area contributed by atoms with Crippen LogP contribution in [0.5, 0.6) is 5.88 Å². The molecule has 0 radical (unpaired) electrons. The number of rotatable bonds is 7. The predicted molar refractivity (Wildman–Crippen MR) is 153 cm³/mol. The van der Waals surface area contributed by atoms with E-state index in [4.69, 9.17) is 21.1 Å². The first-order valence-corrected chi connectivity index (χ1v) is 14.3. The third-order valence-corrected chi connectivity index (χ3v) is 8.16. The molecule has 1 spiro atoms. The van der Waals surface area contributed by atoms with Crippen molar-refractivity contribution in [1.82, 2.24) is 9.78 Å². The topological polar surface area (TPSA) is 73.7 Å². The van der Waals surface area contributed by atoms with Crippen molar-refractivity contribution in [2.45, 2.75) is 50.4 Å². The molecule has 6 rings (SSSR count). The smallest absolute Gasteiger partial charge is 0.414 e. The van der Waals surface area contributed by atoms with Crippen LogP contribution in [0.25, 0.3) is 5.69 Å². The van der Waals surface area contributed by atoms with Gasteiger partial charge in [-0.25, -0.2) is 4.68 Å². The highest BCUT2D eigenvalue weighted by Crippen LogP contribution is 2.67. The summed E-state index contributed by atoms with van der Waals surface area (Å²) >= 11 is 6.38. The number of aromatic nitrogens is 2. The van der Waals surface area contributed by atoms with E-state index in [9.17, 15) is 9.59 Å². The molecule has 0 fully saturated rings. The standard InChI is InChI=1S/C32H27ClF3N3O4/c1-3-11-24-26-27(39(37-24)22-14-9-6-10-15-22)43-31(30(26,32(34,35)36)29(41)42-4-2)23-18-21(33)16-17-25(23)38(28(31)40)19-20-12-7-5-8-13-20/h5-10,12-18H,3-4,11,19H2,1-2H3/t30-,31-/m0/s1. The number of aryl methyl sites for hydroxylation is 1. The van der Waals surface area contributed by atoms with Crippen molar-refractivity contribution in [1.29, 1.82) is 0 Å². The lowest BCUT2D eigenvalue weighted by Crippen LogP contribution is -2.66. The molecule has 0 aliphatic carbocycles. The lowest BCUT2D eigenvalue weighted by atomic mass is 9.65. The molecule has 2 atom stereocenters. The summed E-state index contributed by atoms with van der Waals surface area (Å²) in [6.07, 6.45) is -4.86. The van der Waals surface area contributed by atoms with Gasteiger partial charge in [0.15, 0.2) is 0 Å². The van der Waals surface area contributed by atoms with Gasteiger partial charge in [-0.05, 0) is 49.2 Å². The van der Waals surface area contributed by atoms with Crippen LogP contribution in [0.4, 0.5) is 18.9 Å². The summed E-state index contributed by atoms with van der Waals surface area (Å²) < 4.78 is 61.1. The number of halogens is 4. The molecule has 0 unspecified atom stereocenters. The third-order valence-electron chi connectivity index (χ3n) is 7.92. The molecule has 0 bridgehead atoms. The first-order valence-electron chi connectivity index (χ1n) is 13.9. The highest BCUT2D eigenvalue weighted by Gasteiger charge is 2.86. The van der Waals surface area contributed by atoms with Crippen LogP contribution in [-0.4, -0.2) is 34.4 Å². The second-order valence-electron chi connectivity index (χ2n) is 10.4. The molecule has 222 valence electrons. The van der Waals surface area contributed by atoms with Crippen molar-refractivity contribution < 1.29 is 32.2 Å². The number of amides is 1. The number of carbonyl (C=O) groups is 2. The van der Waals surface area contributed by atoms with Crippen molar-refractivity contribution in [2.75, 3.05) is 11.5 Å². The molecule has 4 aromatic rings. The zero-order chi connectivity index (χ0) is 30.6. The van der Waals surface area contributed by atoms with Gasteiger partial charge in [0.05, 0.1) is 35.8 Å². The maximum absolute atomic E-state index is 16.1. The molecule has 7 nitrogen and oxygen atoms in total. The van der Waals surface area contributed by atoms with Gasteiger partial charge in [0.25, 0.3) is 5.91 Å². The van der Waals surface area contributed by atoms with Crippen LogP contribution in [0.1, 0.15) is 42.7 Å². The molecular weight excluding hydrogens is 583 g/mol. The normalized spacial score (nSPS) is 20.7. The number of para-hydroxylation sites is 1. The van der Waals surface area contributed by atoms with Crippen LogP contribution in [0.2, 0.25) is 5.02 Å². The number of alkyl halides is 3. The van der Waals surface area contributed by atoms with Crippen molar-refractivity contribution >= 4 is 29.2 Å². The first kappa shape index (κ1) is 28.8. The van der Waals surface area contributed by atoms with Crippen molar-refractivity contribution in [3.05, 3.63) is 106 Å². The van der Waals surface area contributed by atoms with Gasteiger partial charge in [-0.15, -0.1) is 0 Å². The fraction of sp³-hybridized carbons (Fsp3) is 0.281. The van der Waals surface area contributed by atoms with Gasteiger partial charge in [-0.1, -0.05) is 73.5 Å². The van der Waals surface area contributed by atoms with Crippen LogP contribution in [0.3, 0.4) is 0 Å². The maximum Gasteiger partial charge on any atom is 0.414 e. The molecule has 3 heterocycles. The number of esters is 1. The van der Waals surface area contributed by atoms with Crippen LogP contribution in [0, 0.1) is 0 Å². The molecule has 43 heavy (non-hydrogen) atoms. The van der Waals surface area contributed by atoms with Crippen molar-refractivity contribution in [3.8, 4) is 11.6 Å². The Labute approximate surface area is 250 Å². The first-order chi connectivity index (χ1) is 20.6. The summed E-state index contributed by atoms with van der Waals surface area (Å²) in [6.45, 7) is 2.77. The molecule has 3 aromatic carbocycles. The number of hydrogen-bond donors (Lipinski definition) is 0. The van der Waals surface area contributed by atoms with Crippen LogP contribution in [-0.2, 0) is 38.3 Å². The van der Waals surface area contributed by atoms with E-state index < -0.39 is 34.6 Å². The molecule has 2 aliphatic heterocycles. The van der Waals surface area contributed by atoms with Crippen LogP contribution < -0.4 is 9.64 Å². The van der Waals surface area contributed by atoms with E-state index in [0.29, 0.717) is 17.7 Å². The van der Waals surface area contributed by atoms with E-state index in [-0.39, 0.29) is 47.4 Å². The molecule has 1 aromatic heterocycles. The Morgan fingerprint density at radius 2 is 1.70 bits per heavy atom. The highest BCUT2D eigenvalue weighted by molar-refractivity contribution is 6.31. The Kier molecular flexibility index (Phi) is 7.00. The zero-order valence-corrected chi connectivity index (χ0v) is 24.1. The molecular formula is C32H27ClF3N3O4. The second kappa shape index (κ2) is 10.4. The minimum Gasteiger partial charge on any atom is -0.465 e. The van der Waals surface area contributed by atoms with Crippen LogP contribution in [0.15, 0.2) is 78.9 Å². The van der Waals surface area contributed by atoms with E-state index in [1.165, 1.54) is 34.7 Å². The van der Waals surface area contributed by atoms with Crippen molar-refractivity contribution in [3.63, 3.8) is 0 Å². The van der Waals surface area contributed by atoms with Gasteiger partial charge in [0.1, 0.15) is 0 Å². The van der Waals surface area contributed by atoms with Gasteiger partial charge in [0, 0.05) is 10.6 Å². The van der Waals surface area contributed by atoms with Gasteiger partial charge >= 0.3 is 12.1 Å². The van der Waals surface area contributed by atoms with E-state index >= 15 is 13.2 Å². The van der Waals surface area contributed by atoms with E-state index in [1.807, 2.05) is 0 Å². The van der Waals surface area contributed by atoms with Crippen LogP contribution >= 0.6 is 11.6 Å². The lowest BCUT2D eigenvalue weighted by molar-refractivity contribution is -0.237. The summed E-state index contributed by atoms with van der Waals surface area (Å²) in [7, 11) is 0. The fourth-order valence-corrected chi connectivity index (χ4v) is 6.41. The number of carbonyl (C=O) groups excluding carboxylic acids is 2. The summed E-state index contributed by atoms with van der Waals surface area (Å²) in [5, 5.41) is 4.59. The Morgan fingerprint density at radius 3 is 2.33 bits per heavy atom. The Hall–Kier alpha value is -4.31. The SMILES string of the molecule is CCCc1nn(-c2ccccc2)c2c1[C@@](C(=O)OCC)(C(F)(F)F)[C@@]1(O2)C(=O)N(Cc2ccccc2)c2ccc(Cl)cc21. The van der Waals surface area contributed by atoms with Gasteiger partial charge < -0.3 is 14.4 Å². The third kappa shape index (κ3) is 3.99. The van der Waals surface area contributed by atoms with E-state index in [2.05, 4.69) is 5.10 Å². The Bertz CT molecular complexity index is 1710. The van der Waals surface area contributed by atoms with Gasteiger partial charge in [0.2, 0.25) is 16.9 Å². The second-order valence-corrected chi connectivity index (χ2v) is 10.9. The largest absolute Gasteiger partial charge is 0.465 e. The molecule has 0 saturated carbocycles. The van der Waals surface area contributed by atoms with Gasteiger partial charge in [-0.3, -0.25) is 9.59 Å². The predicted octanol–water partition coefficient (Wildman–Crippen LogP) is 6.68. The number of benzene rings is 3. The minimum atomic E-state index is -5.37.